The van der Waals surface area contributed by atoms with Crippen LogP contribution >= 0.6 is 11.6 Å². The van der Waals surface area contributed by atoms with Gasteiger partial charge in [-0.3, -0.25) is 4.79 Å². The van der Waals surface area contributed by atoms with Gasteiger partial charge in [0.2, 0.25) is 5.78 Å². The molecule has 0 fully saturated rings. The van der Waals surface area contributed by atoms with Crippen molar-refractivity contribution < 1.29 is 28.5 Å². The van der Waals surface area contributed by atoms with Crippen LogP contribution < -0.4 is 18.9 Å². The Labute approximate surface area is 196 Å². The Morgan fingerprint density at radius 1 is 0.970 bits per heavy atom. The maximum Gasteiger partial charge on any atom is 0.334 e. The molecule has 1 heterocycles. The molecule has 4 rings (SSSR count). The van der Waals surface area contributed by atoms with Crippen LogP contribution in [0.25, 0.3) is 6.08 Å². The average Bonchev–Trinajstić information content (AvgIpc) is 3.16. The van der Waals surface area contributed by atoms with Gasteiger partial charge in [0.25, 0.3) is 0 Å². The van der Waals surface area contributed by atoms with Gasteiger partial charge in [0.05, 0.1) is 19.8 Å². The van der Waals surface area contributed by atoms with E-state index in [0.717, 1.165) is 0 Å². The van der Waals surface area contributed by atoms with E-state index in [0.29, 0.717) is 39.5 Å². The van der Waals surface area contributed by atoms with Gasteiger partial charge >= 0.3 is 5.97 Å². The Hall–Kier alpha value is -3.77. The van der Waals surface area contributed by atoms with Crippen LogP contribution in [0.4, 0.5) is 0 Å². The number of benzene rings is 3. The van der Waals surface area contributed by atoms with E-state index in [1.165, 1.54) is 14.2 Å². The Kier molecular flexibility index (Phi) is 6.38. The van der Waals surface area contributed by atoms with E-state index in [4.69, 9.17) is 30.5 Å². The number of hydrogen-bond acceptors (Lipinski definition) is 6. The monoisotopic (exact) mass is 464 g/mol. The molecule has 0 bridgehead atoms. The molecule has 0 spiro atoms. The first-order valence-electron chi connectivity index (χ1n) is 10.1. The van der Waals surface area contributed by atoms with E-state index >= 15 is 0 Å². The third-order valence-corrected chi connectivity index (χ3v) is 5.70. The summed E-state index contributed by atoms with van der Waals surface area (Å²) in [4.78, 5) is 25.5. The van der Waals surface area contributed by atoms with Crippen LogP contribution in [-0.4, -0.2) is 26.0 Å². The smallest absolute Gasteiger partial charge is 0.334 e. The number of carbonyl (C=O) groups is 2. The Morgan fingerprint density at radius 3 is 2.42 bits per heavy atom. The van der Waals surface area contributed by atoms with Crippen LogP contribution in [-0.2, 0) is 4.79 Å². The van der Waals surface area contributed by atoms with Gasteiger partial charge in [-0.25, -0.2) is 4.79 Å². The third kappa shape index (κ3) is 4.30. The van der Waals surface area contributed by atoms with Gasteiger partial charge in [-0.05, 0) is 36.8 Å². The molecule has 1 atom stereocenters. The predicted molar refractivity (Wildman–Crippen MR) is 124 cm³/mol. The number of carbonyl (C=O) groups excluding carboxylic acids is 2. The highest BCUT2D eigenvalue weighted by atomic mass is 35.5. The van der Waals surface area contributed by atoms with E-state index in [-0.39, 0.29) is 17.3 Å². The second-order valence-electron chi connectivity index (χ2n) is 7.28. The quantitative estimate of drug-likeness (QED) is 0.207. The molecule has 3 aromatic rings. The van der Waals surface area contributed by atoms with Crippen LogP contribution in [0, 0.1) is 6.92 Å². The van der Waals surface area contributed by atoms with Crippen molar-refractivity contribution in [3.05, 3.63) is 88.7 Å². The molecule has 0 amide bonds. The minimum atomic E-state index is -0.961. The van der Waals surface area contributed by atoms with Gasteiger partial charge in [0.1, 0.15) is 11.5 Å². The summed E-state index contributed by atoms with van der Waals surface area (Å²) in [6.45, 7) is 1.72. The number of methoxy groups -OCH3 is 2. The fourth-order valence-electron chi connectivity index (χ4n) is 3.56. The van der Waals surface area contributed by atoms with E-state index in [1.54, 1.807) is 67.6 Å². The average molecular weight is 465 g/mol. The van der Waals surface area contributed by atoms with Gasteiger partial charge in [-0.2, -0.15) is 0 Å². The van der Waals surface area contributed by atoms with E-state index in [2.05, 4.69) is 0 Å². The number of Topliss-reactive ketones (excluding diaryl/α,β-unsaturated/α-hetero) is 1. The van der Waals surface area contributed by atoms with Crippen LogP contribution in [0.15, 0.2) is 66.4 Å². The minimum absolute atomic E-state index is 0.127. The lowest BCUT2D eigenvalue weighted by Gasteiger charge is -2.13. The second kappa shape index (κ2) is 9.38. The molecule has 0 aromatic heterocycles. The largest absolute Gasteiger partial charge is 0.493 e. The molecule has 1 unspecified atom stereocenters. The molecule has 0 saturated heterocycles. The summed E-state index contributed by atoms with van der Waals surface area (Å²) in [5.41, 5.74) is 2.16. The van der Waals surface area contributed by atoms with Crippen molar-refractivity contribution in [2.45, 2.75) is 12.3 Å². The van der Waals surface area contributed by atoms with Crippen molar-refractivity contribution in [2.75, 3.05) is 14.2 Å². The molecule has 7 heteroatoms. The van der Waals surface area contributed by atoms with E-state index in [9.17, 15) is 9.59 Å². The van der Waals surface area contributed by atoms with Crippen molar-refractivity contribution in [3.8, 4) is 23.0 Å². The number of rotatable bonds is 6. The molecule has 0 N–H and O–H groups in total. The Balaban J connectivity index is 1.61. The number of para-hydroxylation sites is 1. The number of hydrogen-bond donors (Lipinski definition) is 0. The molecular formula is C26H21ClO6. The Bertz CT molecular complexity index is 1250. The van der Waals surface area contributed by atoms with Crippen molar-refractivity contribution in [1.29, 1.82) is 0 Å². The first-order chi connectivity index (χ1) is 15.9. The SMILES string of the molecule is COc1cccc(/C=C2\Oc3c(ccc(OC(=O)C(Cl)c4ccccc4)c3C)C2=O)c1OC. The maximum absolute atomic E-state index is 12.9. The molecule has 33 heavy (non-hydrogen) atoms. The highest BCUT2D eigenvalue weighted by molar-refractivity contribution is 6.30. The first-order valence-corrected chi connectivity index (χ1v) is 10.6. The second-order valence-corrected chi connectivity index (χ2v) is 7.72. The lowest BCUT2D eigenvalue weighted by atomic mass is 10.1. The summed E-state index contributed by atoms with van der Waals surface area (Å²) in [6.07, 6.45) is 1.60. The summed E-state index contributed by atoms with van der Waals surface area (Å²) in [5.74, 6) is 0.859. The van der Waals surface area contributed by atoms with E-state index < -0.39 is 11.3 Å². The van der Waals surface area contributed by atoms with Gasteiger partial charge in [0, 0.05) is 11.1 Å². The zero-order chi connectivity index (χ0) is 23.5. The summed E-state index contributed by atoms with van der Waals surface area (Å²) in [7, 11) is 3.06. The number of halogens is 1. The molecule has 0 aliphatic carbocycles. The van der Waals surface area contributed by atoms with Gasteiger partial charge < -0.3 is 18.9 Å². The van der Waals surface area contributed by atoms with Crippen LogP contribution in [0.1, 0.15) is 32.4 Å². The van der Waals surface area contributed by atoms with E-state index in [1.807, 2.05) is 6.07 Å². The first kappa shape index (κ1) is 22.4. The summed E-state index contributed by atoms with van der Waals surface area (Å²) in [5, 5.41) is -0.961. The van der Waals surface area contributed by atoms with Gasteiger partial charge in [-0.15, -0.1) is 11.6 Å². The zero-order valence-corrected chi connectivity index (χ0v) is 19.0. The number of ketones is 1. The minimum Gasteiger partial charge on any atom is -0.493 e. The number of fused-ring (bicyclic) bond motifs is 1. The number of esters is 1. The number of ether oxygens (including phenoxy) is 4. The van der Waals surface area contributed by atoms with Gasteiger partial charge in [-0.1, -0.05) is 42.5 Å². The lowest BCUT2D eigenvalue weighted by Crippen LogP contribution is -2.15. The van der Waals surface area contributed by atoms with Crippen molar-refractivity contribution >= 4 is 29.4 Å². The fourth-order valence-corrected chi connectivity index (χ4v) is 3.75. The molecule has 0 radical (unpaired) electrons. The zero-order valence-electron chi connectivity index (χ0n) is 18.3. The van der Waals surface area contributed by atoms with Crippen LogP contribution in [0.2, 0.25) is 0 Å². The predicted octanol–water partition coefficient (Wildman–Crippen LogP) is 5.51. The van der Waals surface area contributed by atoms with Gasteiger partial charge in [0.15, 0.2) is 22.6 Å². The van der Waals surface area contributed by atoms with Crippen LogP contribution in [0.3, 0.4) is 0 Å². The van der Waals surface area contributed by atoms with Crippen molar-refractivity contribution in [1.82, 2.24) is 0 Å². The Morgan fingerprint density at radius 2 is 1.73 bits per heavy atom. The summed E-state index contributed by atoms with van der Waals surface area (Å²) in [6, 6.07) is 17.4. The maximum atomic E-state index is 12.9. The highest BCUT2D eigenvalue weighted by Gasteiger charge is 2.31. The van der Waals surface area contributed by atoms with Crippen molar-refractivity contribution in [2.24, 2.45) is 0 Å². The van der Waals surface area contributed by atoms with Crippen molar-refractivity contribution in [3.63, 3.8) is 0 Å². The molecule has 3 aromatic carbocycles. The highest BCUT2D eigenvalue weighted by Crippen LogP contribution is 2.41. The summed E-state index contributed by atoms with van der Waals surface area (Å²) >= 11 is 6.27. The fraction of sp³-hybridized carbons (Fsp3) is 0.154. The molecule has 168 valence electrons. The number of alkyl halides is 1. The third-order valence-electron chi connectivity index (χ3n) is 5.27. The topological polar surface area (TPSA) is 71.1 Å². The summed E-state index contributed by atoms with van der Waals surface area (Å²) < 4.78 is 22.2. The molecule has 6 nitrogen and oxygen atoms in total. The normalized spacial score (nSPS) is 14.4. The molecule has 1 aliphatic heterocycles. The lowest BCUT2D eigenvalue weighted by molar-refractivity contribution is -0.134. The van der Waals surface area contributed by atoms with Crippen LogP contribution in [0.5, 0.6) is 23.0 Å². The molecular weight excluding hydrogens is 444 g/mol. The number of allylic oxidation sites excluding steroid dienone is 1. The standard InChI is InChI=1S/C26H21ClO6/c1-15-19(33-26(29)22(27)16-8-5-4-6-9-16)13-12-18-23(28)21(32-24(15)18)14-17-10-7-11-20(30-2)25(17)31-3/h4-14,22H,1-3H3/b21-14-. The molecule has 1 aliphatic rings. The molecule has 0 saturated carbocycles.